The minimum absolute atomic E-state index is 0.0685. The molecule has 0 saturated carbocycles. The number of nitrogens with one attached hydrogen (secondary N) is 1. The third kappa shape index (κ3) is 1.87. The van der Waals surface area contributed by atoms with Crippen molar-refractivity contribution >= 4 is 0 Å². The molecule has 0 atom stereocenters. The summed E-state index contributed by atoms with van der Waals surface area (Å²) in [6.45, 7) is 4.90. The van der Waals surface area contributed by atoms with Gasteiger partial charge in [-0.3, -0.25) is 0 Å². The summed E-state index contributed by atoms with van der Waals surface area (Å²) in [7, 11) is 0. The van der Waals surface area contributed by atoms with E-state index < -0.39 is 0 Å². The van der Waals surface area contributed by atoms with Crippen LogP contribution in [0.15, 0.2) is 18.2 Å². The summed E-state index contributed by atoms with van der Waals surface area (Å²) in [5, 5.41) is 3.25. The van der Waals surface area contributed by atoms with E-state index in [1.807, 2.05) is 0 Å². The number of hydrogen-bond donors (Lipinski definition) is 1. The van der Waals surface area contributed by atoms with Crippen molar-refractivity contribution in [1.82, 2.24) is 5.32 Å². The molecule has 1 aliphatic heterocycles. The highest BCUT2D eigenvalue weighted by Crippen LogP contribution is 2.24. The first-order valence-electron chi connectivity index (χ1n) is 6.21. The van der Waals surface area contributed by atoms with Gasteiger partial charge in [-0.2, -0.15) is 0 Å². The van der Waals surface area contributed by atoms with Crippen LogP contribution in [0, 0.1) is 0 Å². The van der Waals surface area contributed by atoms with E-state index >= 15 is 0 Å². The fourth-order valence-electron chi connectivity index (χ4n) is 2.55. The second kappa shape index (κ2) is 3.86. The summed E-state index contributed by atoms with van der Waals surface area (Å²) >= 11 is 0. The van der Waals surface area contributed by atoms with E-state index in [1.54, 1.807) is 5.56 Å². The fourth-order valence-corrected chi connectivity index (χ4v) is 2.55. The molecule has 2 heteroatoms. The van der Waals surface area contributed by atoms with Gasteiger partial charge in [-0.05, 0) is 42.9 Å². The standard InChI is InChI=1S/C14H19NO/c1-14(9-15-10-14)16-8-11-5-6-12-3-2-4-13(12)7-11/h5-7,15H,2-4,8-10H2,1H3. The van der Waals surface area contributed by atoms with E-state index in [0.717, 1.165) is 19.7 Å². The van der Waals surface area contributed by atoms with Crippen LogP contribution in [-0.4, -0.2) is 18.7 Å². The van der Waals surface area contributed by atoms with Crippen LogP contribution in [0.3, 0.4) is 0 Å². The predicted molar refractivity (Wildman–Crippen MR) is 64.5 cm³/mol. The molecule has 3 rings (SSSR count). The topological polar surface area (TPSA) is 21.3 Å². The number of fused-ring (bicyclic) bond motifs is 1. The zero-order chi connectivity index (χ0) is 11.0. The fraction of sp³-hybridized carbons (Fsp3) is 0.571. The van der Waals surface area contributed by atoms with Crippen LogP contribution in [0.4, 0.5) is 0 Å². The molecule has 1 N–H and O–H groups in total. The molecule has 0 amide bonds. The molecule has 0 spiro atoms. The Morgan fingerprint density at radius 2 is 2.06 bits per heavy atom. The van der Waals surface area contributed by atoms with Crippen LogP contribution in [0.25, 0.3) is 0 Å². The van der Waals surface area contributed by atoms with Crippen molar-refractivity contribution in [3.63, 3.8) is 0 Å². The summed E-state index contributed by atoms with van der Waals surface area (Å²) < 4.78 is 5.95. The highest BCUT2D eigenvalue weighted by molar-refractivity contribution is 5.35. The highest BCUT2D eigenvalue weighted by atomic mass is 16.5. The van der Waals surface area contributed by atoms with Crippen LogP contribution >= 0.6 is 0 Å². The van der Waals surface area contributed by atoms with Gasteiger partial charge in [-0.1, -0.05) is 18.2 Å². The molecule has 16 heavy (non-hydrogen) atoms. The first kappa shape index (κ1) is 10.3. The Bertz CT molecular complexity index is 396. The molecule has 0 aromatic heterocycles. The van der Waals surface area contributed by atoms with Gasteiger partial charge in [0.25, 0.3) is 0 Å². The van der Waals surface area contributed by atoms with Gasteiger partial charge < -0.3 is 10.1 Å². The van der Waals surface area contributed by atoms with Crippen LogP contribution in [-0.2, 0) is 24.2 Å². The molecular formula is C14H19NO. The first-order valence-corrected chi connectivity index (χ1v) is 6.21. The van der Waals surface area contributed by atoms with Gasteiger partial charge >= 0.3 is 0 Å². The molecule has 0 radical (unpaired) electrons. The van der Waals surface area contributed by atoms with Crippen molar-refractivity contribution in [3.8, 4) is 0 Å². The average molecular weight is 217 g/mol. The van der Waals surface area contributed by atoms with Crippen LogP contribution in [0.2, 0.25) is 0 Å². The van der Waals surface area contributed by atoms with Crippen molar-refractivity contribution in [2.75, 3.05) is 13.1 Å². The average Bonchev–Trinajstić information content (AvgIpc) is 2.70. The van der Waals surface area contributed by atoms with E-state index in [2.05, 4.69) is 30.4 Å². The van der Waals surface area contributed by atoms with Crippen molar-refractivity contribution in [2.24, 2.45) is 0 Å². The minimum Gasteiger partial charge on any atom is -0.368 e. The van der Waals surface area contributed by atoms with Crippen molar-refractivity contribution in [3.05, 3.63) is 34.9 Å². The maximum absolute atomic E-state index is 5.95. The molecular weight excluding hydrogens is 198 g/mol. The predicted octanol–water partition coefficient (Wildman–Crippen LogP) is 2.05. The maximum atomic E-state index is 5.95. The molecule has 1 aliphatic carbocycles. The second-order valence-electron chi connectivity index (χ2n) is 5.30. The monoisotopic (exact) mass is 217 g/mol. The number of hydrogen-bond acceptors (Lipinski definition) is 2. The Morgan fingerprint density at radius 3 is 2.81 bits per heavy atom. The Kier molecular flexibility index (Phi) is 2.49. The largest absolute Gasteiger partial charge is 0.368 e. The summed E-state index contributed by atoms with van der Waals surface area (Å²) in [6.07, 6.45) is 3.83. The Labute approximate surface area is 97.0 Å². The van der Waals surface area contributed by atoms with Gasteiger partial charge in [0, 0.05) is 13.1 Å². The lowest BCUT2D eigenvalue weighted by Gasteiger charge is -2.39. The van der Waals surface area contributed by atoms with Crippen LogP contribution in [0.5, 0.6) is 0 Å². The normalized spacial score (nSPS) is 21.6. The lowest BCUT2D eigenvalue weighted by atomic mass is 10.00. The number of ether oxygens (including phenoxy) is 1. The summed E-state index contributed by atoms with van der Waals surface area (Å²) in [5.41, 5.74) is 4.48. The zero-order valence-corrected chi connectivity index (χ0v) is 9.88. The van der Waals surface area contributed by atoms with Crippen LogP contribution < -0.4 is 5.32 Å². The quantitative estimate of drug-likeness (QED) is 0.836. The van der Waals surface area contributed by atoms with Crippen molar-refractivity contribution in [2.45, 2.75) is 38.4 Å². The van der Waals surface area contributed by atoms with E-state index in [9.17, 15) is 0 Å². The molecule has 1 saturated heterocycles. The summed E-state index contributed by atoms with van der Waals surface area (Å²) in [6, 6.07) is 6.83. The number of rotatable bonds is 3. The second-order valence-corrected chi connectivity index (χ2v) is 5.30. The zero-order valence-electron chi connectivity index (χ0n) is 9.88. The first-order chi connectivity index (χ1) is 7.75. The number of aryl methyl sites for hydroxylation is 2. The number of benzene rings is 1. The molecule has 1 aromatic rings. The molecule has 1 heterocycles. The third-order valence-electron chi connectivity index (χ3n) is 3.75. The van der Waals surface area contributed by atoms with Crippen molar-refractivity contribution < 1.29 is 4.74 Å². The van der Waals surface area contributed by atoms with Gasteiger partial charge in [0.05, 0.1) is 12.2 Å². The third-order valence-corrected chi connectivity index (χ3v) is 3.75. The Morgan fingerprint density at radius 1 is 1.25 bits per heavy atom. The smallest absolute Gasteiger partial charge is 0.0906 e. The Hall–Kier alpha value is -0.860. The molecule has 2 aliphatic rings. The molecule has 0 unspecified atom stereocenters. The van der Waals surface area contributed by atoms with E-state index in [4.69, 9.17) is 4.74 Å². The highest BCUT2D eigenvalue weighted by Gasteiger charge is 2.32. The van der Waals surface area contributed by atoms with Gasteiger partial charge in [-0.15, -0.1) is 0 Å². The molecule has 1 aromatic carbocycles. The lowest BCUT2D eigenvalue weighted by molar-refractivity contribution is -0.0767. The van der Waals surface area contributed by atoms with Crippen LogP contribution in [0.1, 0.15) is 30.0 Å². The molecule has 86 valence electrons. The van der Waals surface area contributed by atoms with Crippen molar-refractivity contribution in [1.29, 1.82) is 0 Å². The van der Waals surface area contributed by atoms with E-state index in [1.165, 1.54) is 30.4 Å². The van der Waals surface area contributed by atoms with Gasteiger partial charge in [0.15, 0.2) is 0 Å². The SMILES string of the molecule is CC1(OCc2ccc3c(c2)CCC3)CNC1. The molecule has 0 bridgehead atoms. The van der Waals surface area contributed by atoms with E-state index in [-0.39, 0.29) is 5.60 Å². The maximum Gasteiger partial charge on any atom is 0.0906 e. The van der Waals surface area contributed by atoms with Gasteiger partial charge in [0.2, 0.25) is 0 Å². The lowest BCUT2D eigenvalue weighted by Crippen LogP contribution is -2.58. The molecule has 2 nitrogen and oxygen atoms in total. The summed E-state index contributed by atoms with van der Waals surface area (Å²) in [5.74, 6) is 0. The Balaban J connectivity index is 1.66. The van der Waals surface area contributed by atoms with E-state index in [0.29, 0.717) is 0 Å². The van der Waals surface area contributed by atoms with Gasteiger partial charge in [-0.25, -0.2) is 0 Å². The molecule has 1 fully saturated rings. The minimum atomic E-state index is 0.0685. The van der Waals surface area contributed by atoms with Gasteiger partial charge in [0.1, 0.15) is 0 Å². The summed E-state index contributed by atoms with van der Waals surface area (Å²) in [4.78, 5) is 0.